The Kier molecular flexibility index (Phi) is 25.5. The van der Waals surface area contributed by atoms with E-state index in [1.165, 1.54) is 60.7 Å². The van der Waals surface area contributed by atoms with Crippen molar-refractivity contribution in [2.75, 3.05) is 16.4 Å². The number of halogens is 13. The summed E-state index contributed by atoms with van der Waals surface area (Å²) in [6, 6.07) is 15.1. The van der Waals surface area contributed by atoms with Gasteiger partial charge in [0.2, 0.25) is 11.8 Å². The summed E-state index contributed by atoms with van der Waals surface area (Å²) in [5.74, 6) is -4.10. The summed E-state index contributed by atoms with van der Waals surface area (Å²) in [6.07, 6.45) is 0.532. The summed E-state index contributed by atoms with van der Waals surface area (Å²) in [5.41, 5.74) is 6.37. The lowest BCUT2D eigenvalue weighted by atomic mass is 10.3. The molecule has 1 aliphatic rings. The molecule has 1 saturated heterocycles. The van der Waals surface area contributed by atoms with E-state index >= 15 is 0 Å². The number of aromatic amines is 4. The summed E-state index contributed by atoms with van der Waals surface area (Å²) in [5, 5.41) is 37.4. The Balaban J connectivity index is 0.000000301. The summed E-state index contributed by atoms with van der Waals surface area (Å²) in [4.78, 5) is 64.5. The topological polar surface area (TPSA) is 291 Å². The molecule has 32 heteroatoms. The lowest BCUT2D eigenvalue weighted by molar-refractivity contribution is -0.132. The van der Waals surface area contributed by atoms with E-state index in [0.717, 1.165) is 12.1 Å². The third-order valence-electron chi connectivity index (χ3n) is 7.49. The molecule has 0 bridgehead atoms. The largest absolute Gasteiger partial charge is 0.476 e. The first-order valence-corrected chi connectivity index (χ1v) is 21.8. The lowest BCUT2D eigenvalue weighted by Gasteiger charge is -2.05. The lowest BCUT2D eigenvalue weighted by Crippen LogP contribution is -2.16. The van der Waals surface area contributed by atoms with Crippen LogP contribution in [0.1, 0.15) is 62.2 Å². The first kappa shape index (κ1) is 61.3. The molecule has 1 fully saturated rings. The number of rotatable bonds is 6. The minimum absolute atomic E-state index is 0. The maximum absolute atomic E-state index is 12.8. The van der Waals surface area contributed by atoms with E-state index in [2.05, 4.69) is 51.4 Å². The fourth-order valence-electron chi connectivity index (χ4n) is 4.28. The van der Waals surface area contributed by atoms with Crippen molar-refractivity contribution in [1.82, 2.24) is 45.2 Å². The van der Waals surface area contributed by atoms with Crippen LogP contribution in [0.25, 0.3) is 0 Å². The van der Waals surface area contributed by atoms with E-state index in [-0.39, 0.29) is 102 Å². The highest BCUT2D eigenvalue weighted by molar-refractivity contribution is 6.67. The zero-order valence-corrected chi connectivity index (χ0v) is 41.5. The number of aromatic carboxylic acids is 1. The molecule has 4 aromatic heterocycles. The Hall–Kier alpha value is -5.79. The predicted molar refractivity (Wildman–Crippen MR) is 265 cm³/mol. The van der Waals surface area contributed by atoms with Crippen LogP contribution in [0.2, 0.25) is 40.7 Å². The molecule has 0 saturated carbocycles. The summed E-state index contributed by atoms with van der Waals surface area (Å²) in [7, 11) is 0. The van der Waals surface area contributed by atoms with Gasteiger partial charge >= 0.3 is 5.97 Å². The molecule has 3 aromatic carbocycles. The summed E-state index contributed by atoms with van der Waals surface area (Å²) >= 11 is 54.8. The van der Waals surface area contributed by atoms with Crippen molar-refractivity contribution < 1.29 is 47.0 Å². The monoisotopic (exact) mass is 1180 g/mol. The molecular formula is C39H29Cl10F3N12O7. The van der Waals surface area contributed by atoms with Crippen LogP contribution in [-0.2, 0) is 9.59 Å². The number of hydrogen-bond donors (Lipinski definition) is 8. The van der Waals surface area contributed by atoms with Gasteiger partial charge in [0.1, 0.15) is 48.8 Å². The van der Waals surface area contributed by atoms with Crippen molar-refractivity contribution in [3.63, 3.8) is 0 Å². The van der Waals surface area contributed by atoms with E-state index in [1.54, 1.807) is 0 Å². The van der Waals surface area contributed by atoms with E-state index in [1.807, 2.05) is 0 Å². The molecule has 7 aromatic rings. The Morgan fingerprint density at radius 1 is 0.592 bits per heavy atom. The first-order valence-electron chi connectivity index (χ1n) is 18.1. The SMILES string of the molecule is C.Nc1ccc(F)cc1Cl.O=C(Cl)c1cc(Cl)[nH]n1.O=C(Nc1ccc(F)cc1Cl)c1cc(Cl)[nH]n1.O=C(Nc1ccc(F)cc1Cl)c1n[nH]c(Cl)c1Cl.O=C(O)c1cc(Cl)[nH]n1.O=C1CCC(=O)N1Cl. The molecule has 5 heterocycles. The number of anilines is 3. The molecule has 0 radical (unpaired) electrons. The number of nitrogens with zero attached hydrogens (tertiary/aromatic N) is 5. The maximum atomic E-state index is 12.8. The summed E-state index contributed by atoms with van der Waals surface area (Å²) < 4.78 is 38.4. The molecule has 71 heavy (non-hydrogen) atoms. The quantitative estimate of drug-likeness (QED) is 0.0334. The molecule has 0 atom stereocenters. The number of carbonyl (C=O) groups is 6. The van der Waals surface area contributed by atoms with Gasteiger partial charge in [0.25, 0.3) is 17.1 Å². The van der Waals surface area contributed by atoms with Gasteiger partial charge in [0.05, 0.1) is 32.1 Å². The number of nitrogens with one attached hydrogen (secondary N) is 6. The normalized spacial score (nSPS) is 11.0. The fourth-order valence-corrected chi connectivity index (χ4v) is 5.88. The van der Waals surface area contributed by atoms with Crippen molar-refractivity contribution in [1.29, 1.82) is 0 Å². The van der Waals surface area contributed by atoms with Crippen molar-refractivity contribution in [3.8, 4) is 0 Å². The van der Waals surface area contributed by atoms with E-state index in [9.17, 15) is 41.9 Å². The molecule has 4 amide bonds. The van der Waals surface area contributed by atoms with Gasteiger partial charge in [-0.3, -0.25) is 44.4 Å². The number of carboxylic acids is 1. The average Bonchev–Trinajstić information content (AvgIpc) is 4.16. The van der Waals surface area contributed by atoms with E-state index < -0.39 is 34.7 Å². The molecule has 0 spiro atoms. The second-order valence-corrected chi connectivity index (χ2v) is 16.4. The van der Waals surface area contributed by atoms with Crippen LogP contribution >= 0.6 is 116 Å². The highest BCUT2D eigenvalue weighted by atomic mass is 35.5. The smallest absolute Gasteiger partial charge is 0.356 e. The Bertz CT molecular complexity index is 2930. The molecule has 0 unspecified atom stereocenters. The Labute approximate surface area is 447 Å². The second kappa shape index (κ2) is 29.5. The Morgan fingerprint density at radius 3 is 1.30 bits per heavy atom. The van der Waals surface area contributed by atoms with E-state index in [4.69, 9.17) is 127 Å². The number of nitrogen functional groups attached to an aromatic ring is 1. The Morgan fingerprint density at radius 2 is 1.00 bits per heavy atom. The van der Waals surface area contributed by atoms with Gasteiger partial charge in [-0.2, -0.15) is 24.8 Å². The van der Waals surface area contributed by atoms with E-state index in [0.29, 0.717) is 20.9 Å². The number of hydrogen-bond acceptors (Lipinski definition) is 11. The molecule has 0 aliphatic carbocycles. The van der Waals surface area contributed by atoms with Crippen molar-refractivity contribution in [2.24, 2.45) is 0 Å². The third-order valence-corrected chi connectivity index (χ3v) is 10.3. The number of nitrogens with two attached hydrogens (primary N) is 1. The highest BCUT2D eigenvalue weighted by Gasteiger charge is 2.27. The second-order valence-electron chi connectivity index (χ2n) is 12.5. The third kappa shape index (κ3) is 20.5. The van der Waals surface area contributed by atoms with Crippen molar-refractivity contribution in [3.05, 3.63) is 154 Å². The fraction of sp³-hybridized carbons (Fsp3) is 0.0769. The number of carbonyl (C=O) groups excluding carboxylic acids is 5. The van der Waals surface area contributed by atoms with Crippen LogP contribution in [0.15, 0.2) is 72.8 Å². The van der Waals surface area contributed by atoms with Gasteiger partial charge < -0.3 is 21.5 Å². The average molecular weight is 1190 g/mol. The minimum Gasteiger partial charge on any atom is -0.476 e. The first-order chi connectivity index (χ1) is 32.9. The van der Waals surface area contributed by atoms with Crippen molar-refractivity contribution >= 4 is 168 Å². The maximum Gasteiger partial charge on any atom is 0.356 e. The standard InChI is InChI=1S/C10H5Cl3FN3O.C10H6Cl2FN3O.C6H5ClFN.C4H2Cl2N2O.C4H3ClN2O2.C4H4ClNO2.CH4/c11-5-3-4(14)1-2-6(5)15-10(18)8-7(12)9(13)17-16-8;11-6-3-5(13)1-2-7(6)14-10(17)8-4-9(12)16-15-8;7-5-3-4(8)1-2-6(5)9;5-3-1-2(4(6)9)7-8-3;5-3-1-2(4(8)9)6-7-3;5-6-3(7)1-2-4(6)8;/h1-3H,(H,15,18)(H,16,17);1-4H,(H,14,17)(H,15,16);1-3H,9H2;1H,(H,7,8);1H,(H,6,7)(H,8,9);1-2H2;1H4. The van der Waals surface area contributed by atoms with Gasteiger partial charge in [0, 0.05) is 42.8 Å². The van der Waals surface area contributed by atoms with Crippen LogP contribution in [-0.4, -0.2) is 85.2 Å². The van der Waals surface area contributed by atoms with Crippen LogP contribution in [0.4, 0.5) is 30.2 Å². The number of aromatic nitrogens is 8. The predicted octanol–water partition coefficient (Wildman–Crippen LogP) is 12.1. The van der Waals surface area contributed by atoms with Crippen molar-refractivity contribution in [2.45, 2.75) is 20.3 Å². The van der Waals surface area contributed by atoms with Gasteiger partial charge in [-0.25, -0.2) is 18.0 Å². The molecule has 1 aliphatic heterocycles. The van der Waals surface area contributed by atoms with Crippen LogP contribution < -0.4 is 16.4 Å². The molecule has 9 N–H and O–H groups in total. The van der Waals surface area contributed by atoms with Crippen LogP contribution in [0.5, 0.6) is 0 Å². The number of carboxylic acid groups (broad SMARTS) is 1. The molecular weight excluding hydrogens is 1160 g/mol. The minimum atomic E-state index is -1.09. The number of benzene rings is 3. The highest BCUT2D eigenvalue weighted by Crippen LogP contribution is 2.27. The number of amides is 4. The zero-order chi connectivity index (χ0) is 52.4. The summed E-state index contributed by atoms with van der Waals surface area (Å²) in [6.45, 7) is 0. The van der Waals surface area contributed by atoms with Crippen LogP contribution in [0, 0.1) is 17.5 Å². The van der Waals surface area contributed by atoms with Gasteiger partial charge in [-0.15, -0.1) is 0 Å². The van der Waals surface area contributed by atoms with Gasteiger partial charge in [-0.1, -0.05) is 100 Å². The van der Waals surface area contributed by atoms with Gasteiger partial charge in [-0.05, 0) is 66.2 Å². The van der Waals surface area contributed by atoms with Crippen LogP contribution in [0.3, 0.4) is 0 Å². The molecule has 378 valence electrons. The zero-order valence-electron chi connectivity index (χ0n) is 34.0. The molecule has 19 nitrogen and oxygen atoms in total. The number of H-pyrrole nitrogens is 4. The molecule has 8 rings (SSSR count). The number of imide groups is 1. The van der Waals surface area contributed by atoms with Gasteiger partial charge in [0.15, 0.2) is 17.1 Å².